The van der Waals surface area contributed by atoms with Crippen LogP contribution in [-0.2, 0) is 13.0 Å². The molecule has 2 aromatic heterocycles. The summed E-state index contributed by atoms with van der Waals surface area (Å²) in [5, 5.41) is 4.79. The van der Waals surface area contributed by atoms with Gasteiger partial charge in [-0.2, -0.15) is 0 Å². The second-order valence-corrected chi connectivity index (χ2v) is 8.01. The van der Waals surface area contributed by atoms with E-state index in [0.717, 1.165) is 12.5 Å². The van der Waals surface area contributed by atoms with Gasteiger partial charge in [-0.05, 0) is 35.6 Å². The van der Waals surface area contributed by atoms with E-state index in [1.807, 2.05) is 28.3 Å². The lowest BCUT2D eigenvalue weighted by molar-refractivity contribution is 0.204. The first-order valence-corrected chi connectivity index (χ1v) is 10.5. The van der Waals surface area contributed by atoms with E-state index < -0.39 is 17.7 Å². The summed E-state index contributed by atoms with van der Waals surface area (Å²) in [7, 11) is 0. The van der Waals surface area contributed by atoms with E-state index >= 15 is 0 Å². The summed E-state index contributed by atoms with van der Waals surface area (Å²) >= 11 is 1.64. The number of hydrogen-bond acceptors (Lipinski definition) is 4. The maximum Gasteiger partial charge on any atom is 0.323 e. The van der Waals surface area contributed by atoms with Gasteiger partial charge in [0.15, 0.2) is 0 Å². The number of halogens is 2. The summed E-state index contributed by atoms with van der Waals surface area (Å²) in [6, 6.07) is 6.38. The molecule has 1 saturated heterocycles. The number of benzene rings is 1. The Morgan fingerprint density at radius 3 is 2.73 bits per heavy atom. The van der Waals surface area contributed by atoms with Gasteiger partial charge >= 0.3 is 6.03 Å². The molecule has 3 aromatic rings. The van der Waals surface area contributed by atoms with Crippen LogP contribution in [-0.4, -0.2) is 39.4 Å². The smallest absolute Gasteiger partial charge is 0.323 e. The Morgan fingerprint density at radius 2 is 2.03 bits per heavy atom. The lowest BCUT2D eigenvalue weighted by atomic mass is 10.0. The molecular weight excluding hydrogens is 408 g/mol. The number of aromatic nitrogens is 2. The summed E-state index contributed by atoms with van der Waals surface area (Å²) < 4.78 is 29.7. The van der Waals surface area contributed by atoms with Crippen molar-refractivity contribution >= 4 is 23.2 Å². The van der Waals surface area contributed by atoms with E-state index in [0.29, 0.717) is 37.5 Å². The summed E-state index contributed by atoms with van der Waals surface area (Å²) in [5.74, 6) is -0.939. The number of thiophene rings is 1. The van der Waals surface area contributed by atoms with Gasteiger partial charge in [0.05, 0.1) is 6.33 Å². The Hall–Kier alpha value is -3.07. The molecule has 9 heteroatoms. The van der Waals surface area contributed by atoms with Gasteiger partial charge in [0.1, 0.15) is 23.5 Å². The zero-order valence-corrected chi connectivity index (χ0v) is 17.0. The van der Waals surface area contributed by atoms with Crippen LogP contribution in [0.25, 0.3) is 0 Å². The number of amides is 2. The minimum absolute atomic E-state index is 0.315. The third-order valence-electron chi connectivity index (χ3n) is 4.86. The first-order chi connectivity index (χ1) is 14.6. The molecule has 1 aliphatic heterocycles. The first kappa shape index (κ1) is 20.2. The van der Waals surface area contributed by atoms with Crippen molar-refractivity contribution in [1.82, 2.24) is 19.8 Å². The van der Waals surface area contributed by atoms with E-state index in [-0.39, 0.29) is 6.03 Å². The largest absolute Gasteiger partial charge is 0.337 e. The maximum absolute atomic E-state index is 13.9. The third kappa shape index (κ3) is 4.73. The predicted molar refractivity (Wildman–Crippen MR) is 112 cm³/mol. The number of amidine groups is 1. The standard InChI is InChI=1S/C21H21F2N5OS/c22-16-11-15(12-17(23)13-16)19-20(25-5-4-18-3-1-10-30-18)26-21(29)28(19)8-2-7-27-9-6-24-14-27/h1,3,6,9-14,19H,2,4-5,7-8H2,(H,25,26,29). The minimum atomic E-state index is -0.680. The summed E-state index contributed by atoms with van der Waals surface area (Å²) in [6.07, 6.45) is 6.66. The second kappa shape index (κ2) is 9.17. The Kier molecular flexibility index (Phi) is 6.18. The average Bonchev–Trinajstić information content (AvgIpc) is 3.44. The molecule has 1 N–H and O–H groups in total. The van der Waals surface area contributed by atoms with Gasteiger partial charge in [-0.1, -0.05) is 6.07 Å². The average molecular weight is 429 g/mol. The van der Waals surface area contributed by atoms with Crippen molar-refractivity contribution in [3.8, 4) is 0 Å². The Morgan fingerprint density at radius 1 is 1.20 bits per heavy atom. The Labute approximate surface area is 176 Å². The van der Waals surface area contributed by atoms with Gasteiger partial charge in [-0.3, -0.25) is 10.3 Å². The highest BCUT2D eigenvalue weighted by Crippen LogP contribution is 2.28. The second-order valence-electron chi connectivity index (χ2n) is 6.98. The fourth-order valence-electron chi connectivity index (χ4n) is 3.53. The highest BCUT2D eigenvalue weighted by atomic mass is 32.1. The number of carbonyl (C=O) groups is 1. The molecule has 0 saturated carbocycles. The van der Waals surface area contributed by atoms with Crippen molar-refractivity contribution in [2.75, 3.05) is 13.1 Å². The van der Waals surface area contributed by atoms with Crippen LogP contribution < -0.4 is 5.32 Å². The first-order valence-electron chi connectivity index (χ1n) is 9.66. The molecule has 3 heterocycles. The predicted octanol–water partition coefficient (Wildman–Crippen LogP) is 4.02. The SMILES string of the molecule is O=C1NC(=NCCc2cccs2)C(c2cc(F)cc(F)c2)N1CCCn1ccnc1. The lowest BCUT2D eigenvalue weighted by Crippen LogP contribution is -2.31. The van der Waals surface area contributed by atoms with Gasteiger partial charge < -0.3 is 9.47 Å². The molecule has 0 bridgehead atoms. The molecule has 2 amide bonds. The van der Waals surface area contributed by atoms with E-state index in [2.05, 4.69) is 15.3 Å². The fourth-order valence-corrected chi connectivity index (χ4v) is 4.22. The monoisotopic (exact) mass is 429 g/mol. The summed E-state index contributed by atoms with van der Waals surface area (Å²) in [6.45, 7) is 1.57. The van der Waals surface area contributed by atoms with Crippen LogP contribution in [0.5, 0.6) is 0 Å². The number of rotatable bonds is 8. The topological polar surface area (TPSA) is 62.5 Å². The molecule has 30 heavy (non-hydrogen) atoms. The molecule has 1 atom stereocenters. The molecular formula is C21H21F2N5OS. The van der Waals surface area contributed by atoms with Gasteiger partial charge in [0.25, 0.3) is 0 Å². The minimum Gasteiger partial charge on any atom is -0.337 e. The van der Waals surface area contributed by atoms with Crippen LogP contribution >= 0.6 is 11.3 Å². The lowest BCUT2D eigenvalue weighted by Gasteiger charge is -2.23. The number of aliphatic imine (C=N–C) groups is 1. The quantitative estimate of drug-likeness (QED) is 0.588. The van der Waals surface area contributed by atoms with Crippen molar-refractivity contribution in [2.24, 2.45) is 4.99 Å². The number of carbonyl (C=O) groups excluding carboxylic acids is 1. The molecule has 4 rings (SSSR count). The molecule has 1 fully saturated rings. The van der Waals surface area contributed by atoms with Crippen molar-refractivity contribution in [3.05, 3.63) is 76.5 Å². The van der Waals surface area contributed by atoms with Crippen LogP contribution in [0.3, 0.4) is 0 Å². The van der Waals surface area contributed by atoms with E-state index in [4.69, 9.17) is 0 Å². The maximum atomic E-state index is 13.9. The van der Waals surface area contributed by atoms with Gasteiger partial charge in [0, 0.05) is 49.4 Å². The van der Waals surface area contributed by atoms with Gasteiger partial charge in [-0.25, -0.2) is 18.6 Å². The highest BCUT2D eigenvalue weighted by molar-refractivity contribution is 7.09. The number of hydrogen-bond donors (Lipinski definition) is 1. The Balaban J connectivity index is 1.54. The highest BCUT2D eigenvalue weighted by Gasteiger charge is 2.37. The number of imidazole rings is 1. The van der Waals surface area contributed by atoms with Crippen molar-refractivity contribution in [2.45, 2.75) is 25.4 Å². The van der Waals surface area contributed by atoms with Crippen LogP contribution in [0, 0.1) is 11.6 Å². The zero-order chi connectivity index (χ0) is 20.9. The van der Waals surface area contributed by atoms with Crippen molar-refractivity contribution in [3.63, 3.8) is 0 Å². The zero-order valence-electron chi connectivity index (χ0n) is 16.2. The van der Waals surface area contributed by atoms with Gasteiger partial charge in [0.2, 0.25) is 0 Å². The van der Waals surface area contributed by atoms with Crippen LogP contribution in [0.1, 0.15) is 22.9 Å². The van der Waals surface area contributed by atoms with Gasteiger partial charge in [-0.15, -0.1) is 11.3 Å². The number of nitrogens with zero attached hydrogens (tertiary/aromatic N) is 4. The molecule has 1 aliphatic rings. The summed E-state index contributed by atoms with van der Waals surface area (Å²) in [5.41, 5.74) is 0.364. The number of urea groups is 1. The van der Waals surface area contributed by atoms with Crippen LogP contribution in [0.4, 0.5) is 13.6 Å². The number of nitrogens with one attached hydrogen (secondary N) is 1. The van der Waals surface area contributed by atoms with E-state index in [1.54, 1.807) is 28.8 Å². The molecule has 0 radical (unpaired) electrons. The fraction of sp³-hybridized carbons (Fsp3) is 0.286. The third-order valence-corrected chi connectivity index (χ3v) is 5.80. The molecule has 1 unspecified atom stereocenters. The molecule has 0 spiro atoms. The van der Waals surface area contributed by atoms with E-state index in [9.17, 15) is 13.6 Å². The Bertz CT molecular complexity index is 1000. The summed E-state index contributed by atoms with van der Waals surface area (Å²) in [4.78, 5) is 24.0. The number of aryl methyl sites for hydroxylation is 1. The molecule has 6 nitrogen and oxygen atoms in total. The normalized spacial score (nSPS) is 17.7. The van der Waals surface area contributed by atoms with Crippen molar-refractivity contribution < 1.29 is 13.6 Å². The van der Waals surface area contributed by atoms with E-state index in [1.165, 1.54) is 17.0 Å². The molecule has 156 valence electrons. The van der Waals surface area contributed by atoms with Crippen molar-refractivity contribution in [1.29, 1.82) is 0 Å². The van der Waals surface area contributed by atoms with Crippen LogP contribution in [0.2, 0.25) is 0 Å². The molecule has 0 aliphatic carbocycles. The van der Waals surface area contributed by atoms with Crippen LogP contribution in [0.15, 0.2) is 59.4 Å². The molecule has 1 aromatic carbocycles.